The van der Waals surface area contributed by atoms with Crippen LogP contribution in [0.25, 0.3) is 32.8 Å². The largest absolute Gasteiger partial charge is 0.341 e. The molecule has 0 saturated carbocycles. The number of rotatable bonds is 5. The molecule has 3 aromatic carbocycles. The summed E-state index contributed by atoms with van der Waals surface area (Å²) in [7, 11) is 0. The Balaban J connectivity index is 1.34. The third-order valence-corrected chi connectivity index (χ3v) is 6.20. The van der Waals surface area contributed by atoms with Crippen LogP contribution in [-0.4, -0.2) is 26.2 Å². The summed E-state index contributed by atoms with van der Waals surface area (Å²) in [6.45, 7) is 5.11. The molecule has 0 bridgehead atoms. The maximum atomic E-state index is 12.5. The number of carbonyl (C=O) groups is 1. The van der Waals surface area contributed by atoms with Crippen molar-refractivity contribution in [2.24, 2.45) is 0 Å². The number of para-hydroxylation sites is 1. The fourth-order valence-electron chi connectivity index (χ4n) is 3.97. The Kier molecular flexibility index (Phi) is 4.71. The van der Waals surface area contributed by atoms with E-state index in [4.69, 9.17) is 0 Å². The number of carbonyl (C=O) groups excluding carboxylic acids is 1. The molecule has 0 aliphatic carbocycles. The fourth-order valence-corrected chi connectivity index (χ4v) is 4.66. The van der Waals surface area contributed by atoms with Crippen molar-refractivity contribution >= 4 is 56.2 Å². The van der Waals surface area contributed by atoms with Crippen LogP contribution < -0.4 is 5.32 Å². The molecule has 5 rings (SSSR count). The van der Waals surface area contributed by atoms with Gasteiger partial charge in [-0.05, 0) is 55.8 Å². The van der Waals surface area contributed by atoms with Crippen molar-refractivity contribution in [3.05, 3.63) is 66.2 Å². The monoisotopic (exact) mass is 414 g/mol. The standard InChI is InChI=1S/C24H22N4OS/c1-3-28-21-7-5-4-6-17(21)18-13-16(9-11-22(18)28)25-23(29)14-30-24-26-19-10-8-15(2)12-20(19)27-24/h4-13H,3,14H2,1-2H3,(H,25,29)(H,26,27). The zero-order chi connectivity index (χ0) is 20.7. The van der Waals surface area contributed by atoms with Crippen LogP contribution in [0.5, 0.6) is 0 Å². The molecule has 5 aromatic rings. The third-order valence-electron chi connectivity index (χ3n) is 5.33. The van der Waals surface area contributed by atoms with Crippen molar-refractivity contribution in [3.8, 4) is 0 Å². The van der Waals surface area contributed by atoms with E-state index in [1.54, 1.807) is 0 Å². The minimum Gasteiger partial charge on any atom is -0.341 e. The highest BCUT2D eigenvalue weighted by molar-refractivity contribution is 7.99. The van der Waals surface area contributed by atoms with Gasteiger partial charge in [-0.1, -0.05) is 36.0 Å². The first-order valence-corrected chi connectivity index (χ1v) is 11.0. The molecule has 30 heavy (non-hydrogen) atoms. The van der Waals surface area contributed by atoms with E-state index >= 15 is 0 Å². The number of amides is 1. The van der Waals surface area contributed by atoms with E-state index in [2.05, 4.69) is 76.2 Å². The number of benzene rings is 3. The predicted octanol–water partition coefficient (Wildman–Crippen LogP) is 5.73. The van der Waals surface area contributed by atoms with Crippen LogP contribution in [-0.2, 0) is 11.3 Å². The molecule has 0 atom stereocenters. The van der Waals surface area contributed by atoms with Gasteiger partial charge in [0.2, 0.25) is 5.91 Å². The SMILES string of the molecule is CCn1c2ccccc2c2cc(NC(=O)CSc3nc4ccc(C)cc4[nH]3)ccc21. The maximum absolute atomic E-state index is 12.5. The molecule has 0 saturated heterocycles. The van der Waals surface area contributed by atoms with Gasteiger partial charge in [-0.15, -0.1) is 0 Å². The second-order valence-electron chi connectivity index (χ2n) is 7.39. The molecule has 150 valence electrons. The Morgan fingerprint density at radius 1 is 1.07 bits per heavy atom. The van der Waals surface area contributed by atoms with Crippen molar-refractivity contribution < 1.29 is 4.79 Å². The number of hydrogen-bond donors (Lipinski definition) is 2. The Labute approximate surface area is 178 Å². The number of aromatic nitrogens is 3. The van der Waals surface area contributed by atoms with Crippen molar-refractivity contribution in [1.82, 2.24) is 14.5 Å². The van der Waals surface area contributed by atoms with E-state index in [1.165, 1.54) is 33.7 Å². The Morgan fingerprint density at radius 2 is 1.90 bits per heavy atom. The topological polar surface area (TPSA) is 62.7 Å². The summed E-state index contributed by atoms with van der Waals surface area (Å²) in [6.07, 6.45) is 0. The second kappa shape index (κ2) is 7.54. The van der Waals surface area contributed by atoms with Crippen LogP contribution in [0.15, 0.2) is 65.8 Å². The van der Waals surface area contributed by atoms with E-state index in [0.717, 1.165) is 33.8 Å². The average Bonchev–Trinajstić information content (AvgIpc) is 3.30. The average molecular weight is 415 g/mol. The van der Waals surface area contributed by atoms with E-state index in [9.17, 15) is 4.79 Å². The Hall–Kier alpha value is -3.25. The maximum Gasteiger partial charge on any atom is 0.234 e. The molecule has 2 heterocycles. The number of thioether (sulfide) groups is 1. The molecule has 6 heteroatoms. The van der Waals surface area contributed by atoms with E-state index in [1.807, 2.05) is 18.2 Å². The van der Waals surface area contributed by atoms with Gasteiger partial charge in [0, 0.05) is 34.0 Å². The molecule has 0 unspecified atom stereocenters. The zero-order valence-corrected chi connectivity index (χ0v) is 17.7. The molecule has 1 amide bonds. The summed E-state index contributed by atoms with van der Waals surface area (Å²) in [5.41, 5.74) is 6.31. The highest BCUT2D eigenvalue weighted by Crippen LogP contribution is 2.31. The van der Waals surface area contributed by atoms with Gasteiger partial charge >= 0.3 is 0 Å². The first kappa shape index (κ1) is 18.8. The highest BCUT2D eigenvalue weighted by atomic mass is 32.2. The molecule has 0 aliphatic rings. The molecular formula is C24H22N4OS. The normalized spacial score (nSPS) is 11.5. The summed E-state index contributed by atoms with van der Waals surface area (Å²) in [5, 5.41) is 6.15. The smallest absolute Gasteiger partial charge is 0.234 e. The molecule has 0 fully saturated rings. The van der Waals surface area contributed by atoms with Crippen molar-refractivity contribution in [2.45, 2.75) is 25.5 Å². The number of aromatic amines is 1. The first-order chi connectivity index (χ1) is 14.6. The van der Waals surface area contributed by atoms with Gasteiger partial charge < -0.3 is 14.9 Å². The van der Waals surface area contributed by atoms with Gasteiger partial charge in [-0.2, -0.15) is 0 Å². The van der Waals surface area contributed by atoms with Gasteiger partial charge in [0.1, 0.15) is 0 Å². The number of fused-ring (bicyclic) bond motifs is 4. The fraction of sp³-hybridized carbons (Fsp3) is 0.167. The van der Waals surface area contributed by atoms with Crippen molar-refractivity contribution in [1.29, 1.82) is 0 Å². The summed E-state index contributed by atoms with van der Waals surface area (Å²) in [4.78, 5) is 20.4. The lowest BCUT2D eigenvalue weighted by molar-refractivity contribution is -0.113. The summed E-state index contributed by atoms with van der Waals surface area (Å²) >= 11 is 1.41. The number of nitrogens with one attached hydrogen (secondary N) is 2. The third kappa shape index (κ3) is 3.33. The number of H-pyrrole nitrogens is 1. The summed E-state index contributed by atoms with van der Waals surface area (Å²) in [5.74, 6) is 0.253. The summed E-state index contributed by atoms with van der Waals surface area (Å²) < 4.78 is 2.30. The molecule has 0 aliphatic heterocycles. The van der Waals surface area contributed by atoms with Crippen LogP contribution in [0.4, 0.5) is 5.69 Å². The predicted molar refractivity (Wildman–Crippen MR) is 125 cm³/mol. The lowest BCUT2D eigenvalue weighted by Gasteiger charge is -2.06. The number of hydrogen-bond acceptors (Lipinski definition) is 3. The minimum atomic E-state index is -0.0461. The number of anilines is 1. The van der Waals surface area contributed by atoms with E-state index in [0.29, 0.717) is 5.75 Å². The van der Waals surface area contributed by atoms with Gasteiger partial charge in [-0.25, -0.2) is 4.98 Å². The van der Waals surface area contributed by atoms with Gasteiger partial charge in [0.05, 0.1) is 16.8 Å². The van der Waals surface area contributed by atoms with Crippen LogP contribution in [0.2, 0.25) is 0 Å². The molecule has 0 radical (unpaired) electrons. The number of imidazole rings is 1. The summed E-state index contributed by atoms with van der Waals surface area (Å²) in [6, 6.07) is 20.6. The van der Waals surface area contributed by atoms with Crippen LogP contribution in [0, 0.1) is 6.92 Å². The molecule has 5 nitrogen and oxygen atoms in total. The van der Waals surface area contributed by atoms with E-state index < -0.39 is 0 Å². The van der Waals surface area contributed by atoms with Crippen molar-refractivity contribution in [3.63, 3.8) is 0 Å². The quantitative estimate of drug-likeness (QED) is 0.361. The van der Waals surface area contributed by atoms with Crippen molar-refractivity contribution in [2.75, 3.05) is 11.1 Å². The van der Waals surface area contributed by atoms with Crippen LogP contribution >= 0.6 is 11.8 Å². The second-order valence-corrected chi connectivity index (χ2v) is 8.36. The Bertz CT molecular complexity index is 1400. The van der Waals surface area contributed by atoms with Gasteiger partial charge in [0.25, 0.3) is 0 Å². The van der Waals surface area contributed by atoms with E-state index in [-0.39, 0.29) is 5.91 Å². The Morgan fingerprint density at radius 3 is 2.77 bits per heavy atom. The first-order valence-electron chi connectivity index (χ1n) is 10.0. The molecule has 2 aromatic heterocycles. The molecule has 2 N–H and O–H groups in total. The molecule has 0 spiro atoms. The minimum absolute atomic E-state index is 0.0461. The number of aryl methyl sites for hydroxylation is 2. The highest BCUT2D eigenvalue weighted by Gasteiger charge is 2.12. The number of nitrogens with zero attached hydrogens (tertiary/aromatic N) is 2. The lowest BCUT2D eigenvalue weighted by Crippen LogP contribution is -2.14. The lowest BCUT2D eigenvalue weighted by atomic mass is 10.1. The van der Waals surface area contributed by atoms with Gasteiger partial charge in [-0.3, -0.25) is 4.79 Å². The van der Waals surface area contributed by atoms with Crippen LogP contribution in [0.3, 0.4) is 0 Å². The van der Waals surface area contributed by atoms with Gasteiger partial charge in [0.15, 0.2) is 5.16 Å². The van der Waals surface area contributed by atoms with Crippen LogP contribution in [0.1, 0.15) is 12.5 Å². The molecular weight excluding hydrogens is 392 g/mol. The zero-order valence-electron chi connectivity index (χ0n) is 16.9.